The maximum absolute atomic E-state index is 13.2. The number of benzene rings is 1. The number of ether oxygens (including phenoxy) is 2. The van der Waals surface area contributed by atoms with Crippen molar-refractivity contribution in [1.29, 1.82) is 0 Å². The number of rotatable bonds is 6. The molecule has 0 aliphatic heterocycles. The van der Waals surface area contributed by atoms with Crippen molar-refractivity contribution in [3.05, 3.63) is 49.3 Å². The molecule has 10 heteroatoms. The Bertz CT molecular complexity index is 1300. The fraction of sp³-hybridized carbons (Fsp3) is 0.391. The summed E-state index contributed by atoms with van der Waals surface area (Å²) in [5.41, 5.74) is 4.13. The van der Waals surface area contributed by atoms with Crippen LogP contribution in [0, 0.1) is 5.92 Å². The molecule has 0 fully saturated rings. The van der Waals surface area contributed by atoms with Crippen molar-refractivity contribution in [1.82, 2.24) is 15.0 Å². The van der Waals surface area contributed by atoms with E-state index in [0.29, 0.717) is 32.8 Å². The second kappa shape index (κ2) is 9.64. The number of methoxy groups -OCH3 is 2. The molecule has 174 valence electrons. The molecule has 1 amide bonds. The van der Waals surface area contributed by atoms with E-state index in [9.17, 15) is 9.59 Å². The number of hydrogen-bond acceptors (Lipinski definition) is 7. The van der Waals surface area contributed by atoms with Crippen molar-refractivity contribution in [3.8, 4) is 11.5 Å². The lowest BCUT2D eigenvalue weighted by Gasteiger charge is -2.18. The minimum atomic E-state index is -0.762. The zero-order chi connectivity index (χ0) is 23.7. The third-order valence-electron chi connectivity index (χ3n) is 5.88. The Morgan fingerprint density at radius 1 is 1.39 bits per heavy atom. The zero-order valence-electron chi connectivity index (χ0n) is 18.8. The summed E-state index contributed by atoms with van der Waals surface area (Å²) in [7, 11) is 3.10. The Morgan fingerprint density at radius 3 is 2.91 bits per heavy atom. The maximum Gasteiger partial charge on any atom is 0.263 e. The third kappa shape index (κ3) is 4.54. The van der Waals surface area contributed by atoms with Gasteiger partial charge in [-0.1, -0.05) is 6.92 Å². The Hall–Kier alpha value is -2.72. The van der Waals surface area contributed by atoms with E-state index in [0.717, 1.165) is 29.7 Å². The molecule has 2 unspecified atom stereocenters. The van der Waals surface area contributed by atoms with E-state index in [-0.39, 0.29) is 5.56 Å². The summed E-state index contributed by atoms with van der Waals surface area (Å²) < 4.78 is 12.7. The van der Waals surface area contributed by atoms with Crippen molar-refractivity contribution < 1.29 is 14.3 Å². The van der Waals surface area contributed by atoms with Crippen LogP contribution in [0.25, 0.3) is 10.2 Å². The van der Waals surface area contributed by atoms with Crippen molar-refractivity contribution in [2.75, 3.05) is 14.2 Å². The predicted octanol–water partition coefficient (Wildman–Crippen LogP) is 4.07. The summed E-state index contributed by atoms with van der Waals surface area (Å²) in [5, 5.41) is 4.70. The Morgan fingerprint density at radius 2 is 2.18 bits per heavy atom. The Balaban J connectivity index is 1.54. The van der Waals surface area contributed by atoms with Crippen LogP contribution in [0.15, 0.2) is 32.8 Å². The van der Waals surface area contributed by atoms with Crippen molar-refractivity contribution in [2.24, 2.45) is 11.0 Å². The first-order chi connectivity index (χ1) is 15.8. The number of fused-ring (bicyclic) bond motifs is 3. The average Bonchev–Trinajstić information content (AvgIpc) is 3.16. The molecule has 0 saturated carbocycles. The van der Waals surface area contributed by atoms with Gasteiger partial charge in [0.15, 0.2) is 11.5 Å². The van der Waals surface area contributed by atoms with Crippen molar-refractivity contribution in [2.45, 2.75) is 39.2 Å². The third-order valence-corrected chi connectivity index (χ3v) is 7.63. The number of aryl methyl sites for hydroxylation is 1. The lowest BCUT2D eigenvalue weighted by Crippen LogP contribution is -2.34. The van der Waals surface area contributed by atoms with Gasteiger partial charge in [-0.25, -0.2) is 10.4 Å². The summed E-state index contributed by atoms with van der Waals surface area (Å²) in [5.74, 6) is 1.31. The normalized spacial score (nSPS) is 16.6. The smallest absolute Gasteiger partial charge is 0.263 e. The average molecular weight is 533 g/mol. The highest BCUT2D eigenvalue weighted by atomic mass is 79.9. The number of nitrogens with zero attached hydrogens (tertiary/aromatic N) is 3. The highest BCUT2D eigenvalue weighted by Gasteiger charge is 2.25. The SMILES string of the molecule is COc1cc(C=NNC(=O)C(C)n2cnc3sc4c(c3c2=O)CCC(C)C4)cc(Br)c1OC. The molecular formula is C23H25BrN4O4S. The van der Waals surface area contributed by atoms with Crippen molar-refractivity contribution in [3.63, 3.8) is 0 Å². The summed E-state index contributed by atoms with van der Waals surface area (Å²) in [6, 6.07) is 2.77. The van der Waals surface area contributed by atoms with Gasteiger partial charge < -0.3 is 9.47 Å². The molecule has 0 saturated heterocycles. The number of hydrazone groups is 1. The van der Waals surface area contributed by atoms with Gasteiger partial charge in [0.05, 0.1) is 36.6 Å². The molecule has 2 aromatic heterocycles. The van der Waals surface area contributed by atoms with E-state index in [1.165, 1.54) is 22.0 Å². The minimum Gasteiger partial charge on any atom is -0.493 e. The van der Waals surface area contributed by atoms with Gasteiger partial charge in [0.2, 0.25) is 0 Å². The predicted molar refractivity (Wildman–Crippen MR) is 133 cm³/mol. The molecule has 8 nitrogen and oxygen atoms in total. The van der Waals surface area contributed by atoms with Gasteiger partial charge >= 0.3 is 0 Å². The van der Waals surface area contributed by atoms with E-state index < -0.39 is 11.9 Å². The van der Waals surface area contributed by atoms with E-state index in [2.05, 4.69) is 38.4 Å². The lowest BCUT2D eigenvalue weighted by atomic mass is 9.89. The molecule has 1 aromatic carbocycles. The van der Waals surface area contributed by atoms with Crippen LogP contribution < -0.4 is 20.5 Å². The molecule has 2 atom stereocenters. The number of carbonyl (C=O) groups excluding carboxylic acids is 1. The number of halogens is 1. The molecule has 1 aliphatic carbocycles. The van der Waals surface area contributed by atoms with Crippen LogP contribution in [0.2, 0.25) is 0 Å². The van der Waals surface area contributed by atoms with Gasteiger partial charge in [-0.05, 0) is 71.3 Å². The number of amides is 1. The summed E-state index contributed by atoms with van der Waals surface area (Å²) in [4.78, 5) is 32.4. The molecular weight excluding hydrogens is 508 g/mol. The van der Waals surface area contributed by atoms with Crippen LogP contribution in [0.1, 0.15) is 42.3 Å². The first-order valence-corrected chi connectivity index (χ1v) is 12.2. The highest BCUT2D eigenvalue weighted by Crippen LogP contribution is 2.36. The monoisotopic (exact) mass is 532 g/mol. The van der Waals surface area contributed by atoms with Crippen LogP contribution in [0.4, 0.5) is 0 Å². The fourth-order valence-corrected chi connectivity index (χ4v) is 5.99. The first-order valence-electron chi connectivity index (χ1n) is 10.6. The number of carbonyl (C=O) groups is 1. The topological polar surface area (TPSA) is 94.8 Å². The molecule has 3 aromatic rings. The Labute approximate surface area is 203 Å². The van der Waals surface area contributed by atoms with E-state index >= 15 is 0 Å². The van der Waals surface area contributed by atoms with Gasteiger partial charge in [-0.15, -0.1) is 11.3 Å². The van der Waals surface area contributed by atoms with Crippen molar-refractivity contribution >= 4 is 49.6 Å². The molecule has 1 aliphatic rings. The van der Waals surface area contributed by atoms with Crippen LogP contribution in [0.5, 0.6) is 11.5 Å². The van der Waals surface area contributed by atoms with Gasteiger partial charge in [0, 0.05) is 4.88 Å². The molecule has 33 heavy (non-hydrogen) atoms. The zero-order valence-corrected chi connectivity index (χ0v) is 21.2. The summed E-state index contributed by atoms with van der Waals surface area (Å²) >= 11 is 5.02. The van der Waals surface area contributed by atoms with Gasteiger partial charge in [0.25, 0.3) is 11.5 Å². The highest BCUT2D eigenvalue weighted by molar-refractivity contribution is 9.10. The second-order valence-corrected chi connectivity index (χ2v) is 10.1. The van der Waals surface area contributed by atoms with Gasteiger partial charge in [0.1, 0.15) is 10.9 Å². The molecule has 4 rings (SSSR count). The largest absolute Gasteiger partial charge is 0.493 e. The molecule has 0 radical (unpaired) electrons. The van der Waals surface area contributed by atoms with E-state index in [1.54, 1.807) is 44.6 Å². The first kappa shape index (κ1) is 23.4. The fourth-order valence-electron chi connectivity index (χ4n) is 4.02. The van der Waals surface area contributed by atoms with Crippen LogP contribution in [-0.4, -0.2) is 35.9 Å². The van der Waals surface area contributed by atoms with E-state index in [4.69, 9.17) is 9.47 Å². The van der Waals surface area contributed by atoms with E-state index in [1.807, 2.05) is 0 Å². The van der Waals surface area contributed by atoms with Crippen LogP contribution >= 0.6 is 27.3 Å². The summed E-state index contributed by atoms with van der Waals surface area (Å²) in [6.07, 6.45) is 5.87. The minimum absolute atomic E-state index is 0.178. The number of thiophene rings is 1. The summed E-state index contributed by atoms with van der Waals surface area (Å²) in [6.45, 7) is 3.89. The number of aromatic nitrogens is 2. The quantitative estimate of drug-likeness (QED) is 0.381. The van der Waals surface area contributed by atoms with Crippen LogP contribution in [0.3, 0.4) is 0 Å². The lowest BCUT2D eigenvalue weighted by molar-refractivity contribution is -0.123. The molecule has 1 N–H and O–H groups in total. The Kier molecular flexibility index (Phi) is 6.85. The molecule has 0 spiro atoms. The number of nitrogens with one attached hydrogen (secondary N) is 1. The molecule has 0 bridgehead atoms. The maximum atomic E-state index is 13.2. The molecule has 2 heterocycles. The second-order valence-electron chi connectivity index (χ2n) is 8.14. The van der Waals surface area contributed by atoms with Gasteiger partial charge in [-0.2, -0.15) is 5.10 Å². The standard InChI is InChI=1S/C23H25BrN4O4S/c1-12-5-6-15-18(7-12)33-22-19(15)23(30)28(11-25-22)13(2)21(29)27-26-10-14-8-16(24)20(32-4)17(9-14)31-3/h8-13H,5-7H2,1-4H3,(H,27,29). The number of hydrogen-bond donors (Lipinski definition) is 1. The van der Waals surface area contributed by atoms with Gasteiger partial charge in [-0.3, -0.25) is 14.2 Å². The van der Waals surface area contributed by atoms with Crippen LogP contribution in [-0.2, 0) is 17.6 Å².